The van der Waals surface area contributed by atoms with E-state index in [0.717, 1.165) is 15.3 Å². The van der Waals surface area contributed by atoms with Gasteiger partial charge in [0.15, 0.2) is 0 Å². The fourth-order valence-electron chi connectivity index (χ4n) is 1.20. The van der Waals surface area contributed by atoms with Gasteiger partial charge in [0.2, 0.25) is 0 Å². The van der Waals surface area contributed by atoms with E-state index in [1.807, 2.05) is 37.3 Å². The fraction of sp³-hybridized carbons (Fsp3) is 0.100. The molecule has 0 aliphatic carbocycles. The van der Waals surface area contributed by atoms with E-state index in [1.165, 1.54) is 22.7 Å². The van der Waals surface area contributed by atoms with Crippen LogP contribution < -0.4 is 4.06 Å². The largest absolute Gasteiger partial charge is 0.288 e. The molecular formula is C10H8OS2. The highest BCUT2D eigenvalue weighted by molar-refractivity contribution is 7.29. The van der Waals surface area contributed by atoms with Crippen LogP contribution in [0.2, 0.25) is 0 Å². The average molecular weight is 208 g/mol. The van der Waals surface area contributed by atoms with E-state index in [4.69, 9.17) is 0 Å². The lowest BCUT2D eigenvalue weighted by Gasteiger charge is -1.96. The highest BCUT2D eigenvalue weighted by Gasteiger charge is 2.05. The molecule has 0 N–H and O–H groups in total. The molecule has 0 saturated carbocycles. The molecule has 3 heteroatoms. The predicted molar refractivity (Wildman–Crippen MR) is 58.6 cm³/mol. The van der Waals surface area contributed by atoms with Crippen molar-refractivity contribution in [3.05, 3.63) is 44.1 Å². The summed E-state index contributed by atoms with van der Waals surface area (Å²) in [7, 11) is 0. The minimum Gasteiger partial charge on any atom is -0.265 e. The standard InChI is InChI=1S/C10H8OS2/c1-7-9(13-10(11)12-7)8-5-3-2-4-6-8/h2-6H,1H3. The molecular weight excluding hydrogens is 200 g/mol. The number of rotatable bonds is 1. The van der Waals surface area contributed by atoms with Crippen LogP contribution >= 0.6 is 22.7 Å². The van der Waals surface area contributed by atoms with Crippen LogP contribution in [0.25, 0.3) is 10.4 Å². The summed E-state index contributed by atoms with van der Waals surface area (Å²) in [5.41, 5.74) is 1.14. The first-order valence-corrected chi connectivity index (χ1v) is 5.56. The van der Waals surface area contributed by atoms with Crippen LogP contribution in [0.5, 0.6) is 0 Å². The number of hydrogen-bond donors (Lipinski definition) is 0. The van der Waals surface area contributed by atoms with Crippen LogP contribution in [0.15, 0.2) is 35.1 Å². The smallest absolute Gasteiger partial charge is 0.265 e. The fourth-order valence-corrected chi connectivity index (χ4v) is 3.27. The zero-order valence-corrected chi connectivity index (χ0v) is 8.74. The van der Waals surface area contributed by atoms with Gasteiger partial charge in [-0.3, -0.25) is 4.79 Å². The normalized spacial score (nSPS) is 10.2. The monoisotopic (exact) mass is 208 g/mol. The van der Waals surface area contributed by atoms with Gasteiger partial charge in [-0.1, -0.05) is 53.0 Å². The molecule has 0 spiro atoms. The molecule has 0 aliphatic rings. The molecule has 0 bridgehead atoms. The van der Waals surface area contributed by atoms with Gasteiger partial charge in [0, 0.05) is 4.88 Å². The van der Waals surface area contributed by atoms with E-state index in [-0.39, 0.29) is 4.06 Å². The first-order valence-electron chi connectivity index (χ1n) is 3.93. The molecule has 2 rings (SSSR count). The first-order chi connectivity index (χ1) is 6.27. The summed E-state index contributed by atoms with van der Waals surface area (Å²) in [6.45, 7) is 1.99. The second kappa shape index (κ2) is 3.44. The Balaban J connectivity index is 2.59. The Labute approximate surface area is 84.3 Å². The second-order valence-electron chi connectivity index (χ2n) is 2.71. The Hall–Kier alpha value is -0.930. The Morgan fingerprint density at radius 2 is 1.77 bits per heavy atom. The maximum Gasteiger partial charge on any atom is 0.288 e. The highest BCUT2D eigenvalue weighted by atomic mass is 32.2. The molecule has 0 unspecified atom stereocenters. The van der Waals surface area contributed by atoms with E-state index < -0.39 is 0 Å². The van der Waals surface area contributed by atoms with Crippen molar-refractivity contribution < 1.29 is 0 Å². The van der Waals surface area contributed by atoms with Crippen LogP contribution in [0, 0.1) is 6.92 Å². The maximum absolute atomic E-state index is 11.1. The van der Waals surface area contributed by atoms with Crippen molar-refractivity contribution in [3.63, 3.8) is 0 Å². The Kier molecular flexibility index (Phi) is 2.29. The Bertz CT molecular complexity index is 453. The number of hydrogen-bond acceptors (Lipinski definition) is 3. The Morgan fingerprint density at radius 3 is 2.31 bits per heavy atom. The highest BCUT2D eigenvalue weighted by Crippen LogP contribution is 2.28. The van der Waals surface area contributed by atoms with E-state index in [9.17, 15) is 4.79 Å². The van der Waals surface area contributed by atoms with Crippen LogP contribution in [-0.2, 0) is 0 Å². The SMILES string of the molecule is Cc1sc(=O)sc1-c1ccccc1. The van der Waals surface area contributed by atoms with E-state index in [1.54, 1.807) is 0 Å². The molecule has 1 aromatic heterocycles. The van der Waals surface area contributed by atoms with Gasteiger partial charge in [-0.15, -0.1) is 0 Å². The molecule has 0 aliphatic heterocycles. The lowest BCUT2D eigenvalue weighted by atomic mass is 10.2. The summed E-state index contributed by atoms with van der Waals surface area (Å²) >= 11 is 2.66. The van der Waals surface area contributed by atoms with Crippen LogP contribution in [0.4, 0.5) is 0 Å². The quantitative estimate of drug-likeness (QED) is 0.703. The molecule has 13 heavy (non-hydrogen) atoms. The lowest BCUT2D eigenvalue weighted by molar-refractivity contribution is 1.62. The van der Waals surface area contributed by atoms with Gasteiger partial charge in [-0.25, -0.2) is 0 Å². The third kappa shape index (κ3) is 1.71. The van der Waals surface area contributed by atoms with Crippen molar-refractivity contribution in [3.8, 4) is 10.4 Å². The molecule has 0 amide bonds. The van der Waals surface area contributed by atoms with Crippen LogP contribution in [0.1, 0.15) is 4.88 Å². The number of aryl methyl sites for hydroxylation is 1. The van der Waals surface area contributed by atoms with Crippen LogP contribution in [0.3, 0.4) is 0 Å². The van der Waals surface area contributed by atoms with Crippen molar-refractivity contribution in [1.29, 1.82) is 0 Å². The summed E-state index contributed by atoms with van der Waals surface area (Å²) in [5, 5.41) is 0. The maximum atomic E-state index is 11.1. The summed E-state index contributed by atoms with van der Waals surface area (Å²) < 4.78 is 0.177. The van der Waals surface area contributed by atoms with Crippen molar-refractivity contribution >= 4 is 22.7 Å². The third-order valence-electron chi connectivity index (χ3n) is 1.78. The summed E-state index contributed by atoms with van der Waals surface area (Å²) in [6, 6.07) is 10.0. The van der Waals surface area contributed by atoms with Gasteiger partial charge in [-0.05, 0) is 12.5 Å². The molecule has 1 nitrogen and oxygen atoms in total. The second-order valence-corrected chi connectivity index (χ2v) is 5.13. The first kappa shape index (κ1) is 8.66. The predicted octanol–water partition coefficient (Wildman–Crippen LogP) is 3.15. The summed E-state index contributed by atoms with van der Waals surface area (Å²) in [4.78, 5) is 13.3. The molecule has 0 atom stereocenters. The third-order valence-corrected chi connectivity index (χ3v) is 4.00. The van der Waals surface area contributed by atoms with Crippen molar-refractivity contribution in [2.75, 3.05) is 0 Å². The van der Waals surface area contributed by atoms with Gasteiger partial charge in [0.05, 0.1) is 4.88 Å². The zero-order chi connectivity index (χ0) is 9.26. The minimum atomic E-state index is 0.177. The van der Waals surface area contributed by atoms with Crippen molar-refractivity contribution in [1.82, 2.24) is 0 Å². The van der Waals surface area contributed by atoms with Gasteiger partial charge >= 0.3 is 0 Å². The van der Waals surface area contributed by atoms with Crippen molar-refractivity contribution in [2.45, 2.75) is 6.92 Å². The molecule has 1 heterocycles. The average Bonchev–Trinajstić information content (AvgIpc) is 2.47. The van der Waals surface area contributed by atoms with Crippen LogP contribution in [-0.4, -0.2) is 0 Å². The minimum absolute atomic E-state index is 0.177. The van der Waals surface area contributed by atoms with E-state index >= 15 is 0 Å². The van der Waals surface area contributed by atoms with Crippen molar-refractivity contribution in [2.24, 2.45) is 0 Å². The molecule has 0 fully saturated rings. The van der Waals surface area contributed by atoms with E-state index in [2.05, 4.69) is 0 Å². The Morgan fingerprint density at radius 1 is 1.08 bits per heavy atom. The molecule has 1 aromatic carbocycles. The number of benzene rings is 1. The van der Waals surface area contributed by atoms with Gasteiger partial charge in [-0.2, -0.15) is 0 Å². The van der Waals surface area contributed by atoms with E-state index in [0.29, 0.717) is 0 Å². The molecule has 0 radical (unpaired) electrons. The lowest BCUT2D eigenvalue weighted by Crippen LogP contribution is -1.75. The van der Waals surface area contributed by atoms with Gasteiger partial charge in [0.1, 0.15) is 0 Å². The summed E-state index contributed by atoms with van der Waals surface area (Å²) in [6.07, 6.45) is 0. The van der Waals surface area contributed by atoms with Gasteiger partial charge < -0.3 is 0 Å². The topological polar surface area (TPSA) is 17.1 Å². The zero-order valence-electron chi connectivity index (χ0n) is 7.11. The molecule has 0 saturated heterocycles. The molecule has 2 aromatic rings. The van der Waals surface area contributed by atoms with Gasteiger partial charge in [0.25, 0.3) is 4.06 Å². The summed E-state index contributed by atoms with van der Waals surface area (Å²) in [5.74, 6) is 0. The molecule has 66 valence electrons.